The molecule has 1 amide bonds. The van der Waals surface area contributed by atoms with Gasteiger partial charge in [0.25, 0.3) is 0 Å². The summed E-state index contributed by atoms with van der Waals surface area (Å²) in [7, 11) is 1.38. The highest BCUT2D eigenvalue weighted by Crippen LogP contribution is 2.34. The number of piperidine rings is 1. The molecule has 0 aromatic heterocycles. The normalized spacial score (nSPS) is 19.7. The lowest BCUT2D eigenvalue weighted by molar-refractivity contribution is -0.147. The van der Waals surface area contributed by atoms with Gasteiger partial charge in [-0.3, -0.25) is 4.79 Å². The van der Waals surface area contributed by atoms with E-state index in [1.165, 1.54) is 7.11 Å². The number of methoxy groups -OCH3 is 1. The minimum absolute atomic E-state index is 0.0969. The van der Waals surface area contributed by atoms with Gasteiger partial charge in [0.1, 0.15) is 6.61 Å². The molecule has 1 saturated heterocycles. The molecule has 2 unspecified atom stereocenters. The van der Waals surface area contributed by atoms with Crippen LogP contribution in [0.25, 0.3) is 0 Å². The van der Waals surface area contributed by atoms with E-state index >= 15 is 0 Å². The number of amides is 1. The molecule has 5 heteroatoms. The number of carbonyl (C=O) groups is 2. The Bertz CT molecular complexity index is 732. The summed E-state index contributed by atoms with van der Waals surface area (Å²) < 4.78 is 10.4. The highest BCUT2D eigenvalue weighted by atomic mass is 16.6. The Morgan fingerprint density at radius 1 is 1.00 bits per heavy atom. The van der Waals surface area contributed by atoms with Crippen LogP contribution in [-0.4, -0.2) is 30.6 Å². The third-order valence-electron chi connectivity index (χ3n) is 4.74. The molecule has 1 aliphatic rings. The van der Waals surface area contributed by atoms with Crippen LogP contribution in [0.1, 0.15) is 30.0 Å². The van der Waals surface area contributed by atoms with Gasteiger partial charge >= 0.3 is 12.1 Å². The minimum Gasteiger partial charge on any atom is -0.469 e. The molecule has 2 aromatic carbocycles. The zero-order chi connectivity index (χ0) is 18.4. The average molecular weight is 353 g/mol. The SMILES string of the molecule is COC(=O)C1CCC(c2ccccc2)N(C(=O)OCc2ccccc2)C1. The summed E-state index contributed by atoms with van der Waals surface area (Å²) in [6.45, 7) is 0.514. The van der Waals surface area contributed by atoms with Crippen LogP contribution in [0.4, 0.5) is 4.79 Å². The summed E-state index contributed by atoms with van der Waals surface area (Å²) in [5.74, 6) is -0.596. The van der Waals surface area contributed by atoms with Crippen molar-refractivity contribution < 1.29 is 19.1 Å². The van der Waals surface area contributed by atoms with E-state index in [0.717, 1.165) is 11.1 Å². The first-order valence-electron chi connectivity index (χ1n) is 8.79. The lowest BCUT2D eigenvalue weighted by Crippen LogP contribution is -2.44. The zero-order valence-electron chi connectivity index (χ0n) is 14.8. The molecule has 136 valence electrons. The predicted molar refractivity (Wildman–Crippen MR) is 97.3 cm³/mol. The molecule has 2 aromatic rings. The van der Waals surface area contributed by atoms with E-state index in [1.807, 2.05) is 60.7 Å². The predicted octanol–water partition coefficient (Wildman–Crippen LogP) is 3.95. The van der Waals surface area contributed by atoms with Crippen molar-refractivity contribution in [3.8, 4) is 0 Å². The van der Waals surface area contributed by atoms with Gasteiger partial charge in [-0.25, -0.2) is 4.79 Å². The molecule has 1 heterocycles. The molecule has 1 aliphatic heterocycles. The maximum atomic E-state index is 12.8. The van der Waals surface area contributed by atoms with Gasteiger partial charge in [-0.15, -0.1) is 0 Å². The Morgan fingerprint density at radius 2 is 1.65 bits per heavy atom. The van der Waals surface area contributed by atoms with Crippen LogP contribution in [0.15, 0.2) is 60.7 Å². The molecule has 0 spiro atoms. The van der Waals surface area contributed by atoms with Gasteiger partial charge in [0, 0.05) is 6.54 Å². The van der Waals surface area contributed by atoms with Gasteiger partial charge in [0.05, 0.1) is 19.1 Å². The highest BCUT2D eigenvalue weighted by Gasteiger charge is 2.36. The van der Waals surface area contributed by atoms with Crippen molar-refractivity contribution >= 4 is 12.1 Å². The molecule has 0 N–H and O–H groups in total. The maximum Gasteiger partial charge on any atom is 0.410 e. The van der Waals surface area contributed by atoms with E-state index in [2.05, 4.69) is 0 Å². The van der Waals surface area contributed by atoms with E-state index in [4.69, 9.17) is 9.47 Å². The number of likely N-dealkylation sites (tertiary alicyclic amines) is 1. The maximum absolute atomic E-state index is 12.8. The Balaban J connectivity index is 1.74. The third kappa shape index (κ3) is 4.23. The second-order valence-corrected chi connectivity index (χ2v) is 6.42. The molecule has 26 heavy (non-hydrogen) atoms. The van der Waals surface area contributed by atoms with Crippen LogP contribution in [0.3, 0.4) is 0 Å². The fourth-order valence-corrected chi connectivity index (χ4v) is 3.36. The number of hydrogen-bond donors (Lipinski definition) is 0. The number of ether oxygens (including phenoxy) is 2. The summed E-state index contributed by atoms with van der Waals surface area (Å²) in [5, 5.41) is 0. The van der Waals surface area contributed by atoms with Crippen LogP contribution in [0.5, 0.6) is 0 Å². The second-order valence-electron chi connectivity index (χ2n) is 6.42. The van der Waals surface area contributed by atoms with Gasteiger partial charge in [0.15, 0.2) is 0 Å². The summed E-state index contributed by atoms with van der Waals surface area (Å²) in [4.78, 5) is 26.4. The zero-order valence-corrected chi connectivity index (χ0v) is 14.8. The van der Waals surface area contributed by atoms with E-state index in [1.54, 1.807) is 4.90 Å². The molecular weight excluding hydrogens is 330 g/mol. The molecule has 3 rings (SSSR count). The molecule has 0 bridgehead atoms. The monoisotopic (exact) mass is 353 g/mol. The molecular formula is C21H23NO4. The summed E-state index contributed by atoms with van der Waals surface area (Å²) in [6, 6.07) is 19.3. The molecule has 0 aliphatic carbocycles. The number of carbonyl (C=O) groups excluding carboxylic acids is 2. The minimum atomic E-state index is -0.406. The third-order valence-corrected chi connectivity index (χ3v) is 4.74. The Morgan fingerprint density at radius 3 is 2.31 bits per heavy atom. The van der Waals surface area contributed by atoms with Crippen molar-refractivity contribution in [2.75, 3.05) is 13.7 Å². The lowest BCUT2D eigenvalue weighted by atomic mass is 9.89. The molecule has 0 radical (unpaired) electrons. The summed E-state index contributed by atoms with van der Waals surface area (Å²) in [5.41, 5.74) is 1.98. The Labute approximate surface area is 153 Å². The fourth-order valence-electron chi connectivity index (χ4n) is 3.36. The van der Waals surface area contributed by atoms with Crippen molar-refractivity contribution in [2.24, 2.45) is 5.92 Å². The summed E-state index contributed by atoms with van der Waals surface area (Å²) >= 11 is 0. The molecule has 2 atom stereocenters. The fraction of sp³-hybridized carbons (Fsp3) is 0.333. The quantitative estimate of drug-likeness (QED) is 0.781. The van der Waals surface area contributed by atoms with Crippen molar-refractivity contribution in [1.82, 2.24) is 4.90 Å². The standard InChI is InChI=1S/C21H23NO4/c1-25-20(23)18-12-13-19(17-10-6-3-7-11-17)22(14-18)21(24)26-15-16-8-4-2-5-9-16/h2-11,18-19H,12-15H2,1H3. The van der Waals surface area contributed by atoms with Gasteiger partial charge in [-0.05, 0) is 24.0 Å². The first kappa shape index (κ1) is 18.0. The van der Waals surface area contributed by atoms with Crippen LogP contribution in [0.2, 0.25) is 0 Å². The average Bonchev–Trinajstić information content (AvgIpc) is 2.72. The van der Waals surface area contributed by atoms with Crippen molar-refractivity contribution in [1.29, 1.82) is 0 Å². The van der Waals surface area contributed by atoms with Crippen molar-refractivity contribution in [2.45, 2.75) is 25.5 Å². The number of hydrogen-bond acceptors (Lipinski definition) is 4. The van der Waals surface area contributed by atoms with Gasteiger partial charge < -0.3 is 14.4 Å². The van der Waals surface area contributed by atoms with Crippen LogP contribution in [0, 0.1) is 5.92 Å². The van der Waals surface area contributed by atoms with Gasteiger partial charge in [0.2, 0.25) is 0 Å². The van der Waals surface area contributed by atoms with Crippen LogP contribution in [-0.2, 0) is 20.9 Å². The van der Waals surface area contributed by atoms with E-state index in [0.29, 0.717) is 19.4 Å². The van der Waals surface area contributed by atoms with Crippen LogP contribution < -0.4 is 0 Å². The largest absolute Gasteiger partial charge is 0.469 e. The van der Waals surface area contributed by atoms with Crippen LogP contribution >= 0.6 is 0 Å². The Kier molecular flexibility index (Phi) is 5.89. The number of rotatable bonds is 4. The molecule has 1 fully saturated rings. The van der Waals surface area contributed by atoms with Crippen molar-refractivity contribution in [3.05, 3.63) is 71.8 Å². The molecule has 0 saturated carbocycles. The first-order valence-corrected chi connectivity index (χ1v) is 8.79. The number of nitrogens with zero attached hydrogens (tertiary/aromatic N) is 1. The van der Waals surface area contributed by atoms with E-state index in [-0.39, 0.29) is 24.5 Å². The van der Waals surface area contributed by atoms with Crippen molar-refractivity contribution in [3.63, 3.8) is 0 Å². The lowest BCUT2D eigenvalue weighted by Gasteiger charge is -2.38. The number of esters is 1. The summed E-state index contributed by atoms with van der Waals surface area (Å²) in [6.07, 6.45) is 0.982. The second kappa shape index (κ2) is 8.52. The highest BCUT2D eigenvalue weighted by molar-refractivity contribution is 5.75. The topological polar surface area (TPSA) is 55.8 Å². The van der Waals surface area contributed by atoms with Gasteiger partial charge in [-0.2, -0.15) is 0 Å². The number of benzene rings is 2. The Hall–Kier alpha value is -2.82. The van der Waals surface area contributed by atoms with E-state index < -0.39 is 6.09 Å². The first-order chi connectivity index (χ1) is 12.7. The van der Waals surface area contributed by atoms with Gasteiger partial charge in [-0.1, -0.05) is 60.7 Å². The van der Waals surface area contributed by atoms with E-state index in [9.17, 15) is 9.59 Å². The molecule has 5 nitrogen and oxygen atoms in total. The smallest absolute Gasteiger partial charge is 0.410 e.